The fraction of sp³-hybridized carbons (Fsp3) is 0.167. The molecule has 4 nitrogen and oxygen atoms in total. The summed E-state index contributed by atoms with van der Waals surface area (Å²) in [7, 11) is 1.81. The molecule has 2 aromatic heterocycles. The van der Waals surface area contributed by atoms with Crippen molar-refractivity contribution in [2.45, 2.75) is 12.8 Å². The quantitative estimate of drug-likeness (QED) is 0.717. The zero-order valence-electron chi connectivity index (χ0n) is 12.8. The van der Waals surface area contributed by atoms with Crippen LogP contribution in [0.1, 0.15) is 11.4 Å². The summed E-state index contributed by atoms with van der Waals surface area (Å²) in [4.78, 5) is 22.6. The highest BCUT2D eigenvalue weighted by molar-refractivity contribution is 7.09. The van der Waals surface area contributed by atoms with Crippen molar-refractivity contribution in [3.05, 3.63) is 65.2 Å². The van der Waals surface area contributed by atoms with Crippen molar-refractivity contribution in [3.8, 4) is 11.3 Å². The average Bonchev–Trinajstić information content (AvgIpc) is 3.09. The zero-order valence-corrected chi connectivity index (χ0v) is 13.7. The van der Waals surface area contributed by atoms with Crippen LogP contribution < -0.4 is 4.90 Å². The maximum Gasteiger partial charge on any atom is 0.227 e. The van der Waals surface area contributed by atoms with Gasteiger partial charge in [0.2, 0.25) is 5.91 Å². The predicted molar refractivity (Wildman–Crippen MR) is 93.5 cm³/mol. The van der Waals surface area contributed by atoms with E-state index in [2.05, 4.69) is 9.97 Å². The van der Waals surface area contributed by atoms with Crippen molar-refractivity contribution in [1.29, 1.82) is 0 Å². The van der Waals surface area contributed by atoms with Gasteiger partial charge in [0.1, 0.15) is 0 Å². The number of para-hydroxylation sites is 1. The first kappa shape index (κ1) is 15.4. The molecule has 0 fully saturated rings. The summed E-state index contributed by atoms with van der Waals surface area (Å²) in [5.74, 6) is 0.0943. The van der Waals surface area contributed by atoms with Gasteiger partial charge >= 0.3 is 0 Å². The fourth-order valence-corrected chi connectivity index (χ4v) is 3.07. The van der Waals surface area contributed by atoms with Crippen LogP contribution in [0.15, 0.2) is 60.2 Å². The van der Waals surface area contributed by atoms with Crippen molar-refractivity contribution in [2.24, 2.45) is 0 Å². The zero-order chi connectivity index (χ0) is 16.1. The molecule has 0 aliphatic rings. The van der Waals surface area contributed by atoms with Gasteiger partial charge in [0.05, 0.1) is 10.7 Å². The minimum atomic E-state index is 0.0943. The molecule has 0 radical (unpaired) electrons. The molecule has 0 unspecified atom stereocenters. The molecule has 2 heterocycles. The number of amides is 1. The number of aromatic nitrogens is 2. The molecule has 0 spiro atoms. The highest BCUT2D eigenvalue weighted by Crippen LogP contribution is 2.22. The molecule has 1 amide bonds. The van der Waals surface area contributed by atoms with Crippen LogP contribution in [-0.2, 0) is 11.2 Å². The van der Waals surface area contributed by atoms with E-state index >= 15 is 0 Å². The molecule has 0 aliphatic heterocycles. The van der Waals surface area contributed by atoms with Gasteiger partial charge in [0, 0.05) is 48.9 Å². The predicted octanol–water partition coefficient (Wildman–Crippen LogP) is 3.80. The van der Waals surface area contributed by atoms with Crippen molar-refractivity contribution < 1.29 is 4.79 Å². The maximum atomic E-state index is 12.3. The molecule has 0 saturated carbocycles. The van der Waals surface area contributed by atoms with E-state index in [0.29, 0.717) is 12.8 Å². The Balaban J connectivity index is 1.61. The number of carbonyl (C=O) groups excluding carboxylic acids is 1. The number of benzene rings is 1. The molecule has 0 saturated heterocycles. The lowest BCUT2D eigenvalue weighted by Crippen LogP contribution is -2.26. The van der Waals surface area contributed by atoms with Crippen LogP contribution in [0, 0.1) is 0 Å². The first-order valence-electron chi connectivity index (χ1n) is 7.40. The monoisotopic (exact) mass is 323 g/mol. The number of aryl methyl sites for hydroxylation is 1. The Bertz CT molecular complexity index is 771. The van der Waals surface area contributed by atoms with Crippen LogP contribution in [0.25, 0.3) is 11.3 Å². The van der Waals surface area contributed by atoms with Gasteiger partial charge in [-0.05, 0) is 24.3 Å². The molecule has 3 rings (SSSR count). The number of carbonyl (C=O) groups is 1. The minimum absolute atomic E-state index is 0.0943. The lowest BCUT2D eigenvalue weighted by atomic mass is 10.2. The number of anilines is 1. The second kappa shape index (κ2) is 7.15. The van der Waals surface area contributed by atoms with Crippen LogP contribution in [0.2, 0.25) is 0 Å². The first-order valence-corrected chi connectivity index (χ1v) is 8.28. The Labute approximate surface area is 139 Å². The van der Waals surface area contributed by atoms with E-state index < -0.39 is 0 Å². The summed E-state index contributed by atoms with van der Waals surface area (Å²) in [6.45, 7) is 0. The molecule has 5 heteroatoms. The SMILES string of the molecule is CN(C(=O)CCc1nc(-c2ccncc2)cs1)c1ccccc1. The van der Waals surface area contributed by atoms with Gasteiger partial charge in [-0.1, -0.05) is 18.2 Å². The number of thiazole rings is 1. The van der Waals surface area contributed by atoms with Crippen LogP contribution in [0.5, 0.6) is 0 Å². The van der Waals surface area contributed by atoms with E-state index in [9.17, 15) is 4.79 Å². The summed E-state index contributed by atoms with van der Waals surface area (Å²) in [5, 5.41) is 3.00. The molecule has 3 aromatic rings. The number of pyridine rings is 1. The van der Waals surface area contributed by atoms with Gasteiger partial charge in [-0.25, -0.2) is 4.98 Å². The molecule has 0 atom stereocenters. The van der Waals surface area contributed by atoms with E-state index in [4.69, 9.17) is 0 Å². The molecule has 116 valence electrons. The second-order valence-corrected chi connectivity index (χ2v) is 6.09. The highest BCUT2D eigenvalue weighted by Gasteiger charge is 2.12. The molecule has 0 bridgehead atoms. The lowest BCUT2D eigenvalue weighted by Gasteiger charge is -2.16. The van der Waals surface area contributed by atoms with E-state index in [1.54, 1.807) is 28.6 Å². The third-order valence-electron chi connectivity index (χ3n) is 3.60. The second-order valence-electron chi connectivity index (χ2n) is 5.15. The van der Waals surface area contributed by atoms with Gasteiger partial charge in [-0.15, -0.1) is 11.3 Å². The van der Waals surface area contributed by atoms with E-state index in [1.165, 1.54) is 0 Å². The van der Waals surface area contributed by atoms with Gasteiger partial charge < -0.3 is 4.90 Å². The molecule has 1 aromatic carbocycles. The third-order valence-corrected chi connectivity index (χ3v) is 4.51. The maximum absolute atomic E-state index is 12.3. The molecule has 23 heavy (non-hydrogen) atoms. The van der Waals surface area contributed by atoms with Crippen LogP contribution in [0.3, 0.4) is 0 Å². The topological polar surface area (TPSA) is 46.1 Å². The lowest BCUT2D eigenvalue weighted by molar-refractivity contribution is -0.118. The molecular formula is C18H17N3OS. The van der Waals surface area contributed by atoms with Crippen LogP contribution in [-0.4, -0.2) is 22.9 Å². The molecule has 0 aliphatic carbocycles. The summed E-state index contributed by atoms with van der Waals surface area (Å²) >= 11 is 1.59. The van der Waals surface area contributed by atoms with Crippen molar-refractivity contribution >= 4 is 22.9 Å². The number of nitrogens with zero attached hydrogens (tertiary/aromatic N) is 3. The Morgan fingerprint density at radius 2 is 1.87 bits per heavy atom. The van der Waals surface area contributed by atoms with Crippen LogP contribution >= 0.6 is 11.3 Å². The summed E-state index contributed by atoms with van der Waals surface area (Å²) in [6.07, 6.45) is 4.62. The Kier molecular flexibility index (Phi) is 4.78. The Hall–Kier alpha value is -2.53. The number of hydrogen-bond acceptors (Lipinski definition) is 4. The molecular weight excluding hydrogens is 306 g/mol. The van der Waals surface area contributed by atoms with Gasteiger partial charge in [0.25, 0.3) is 0 Å². The first-order chi connectivity index (χ1) is 11.2. The van der Waals surface area contributed by atoms with E-state index in [-0.39, 0.29) is 5.91 Å². The Morgan fingerprint density at radius 3 is 2.61 bits per heavy atom. The molecule has 0 N–H and O–H groups in total. The minimum Gasteiger partial charge on any atom is -0.315 e. The van der Waals surface area contributed by atoms with Crippen molar-refractivity contribution in [3.63, 3.8) is 0 Å². The van der Waals surface area contributed by atoms with E-state index in [0.717, 1.165) is 22.0 Å². The number of hydrogen-bond donors (Lipinski definition) is 0. The third kappa shape index (κ3) is 3.81. The van der Waals surface area contributed by atoms with E-state index in [1.807, 2.05) is 54.9 Å². The Morgan fingerprint density at radius 1 is 1.13 bits per heavy atom. The fourth-order valence-electron chi connectivity index (χ4n) is 2.26. The summed E-state index contributed by atoms with van der Waals surface area (Å²) in [5.41, 5.74) is 2.90. The van der Waals surface area contributed by atoms with Crippen molar-refractivity contribution in [2.75, 3.05) is 11.9 Å². The largest absolute Gasteiger partial charge is 0.315 e. The highest BCUT2D eigenvalue weighted by atomic mass is 32.1. The van der Waals surface area contributed by atoms with Crippen LogP contribution in [0.4, 0.5) is 5.69 Å². The summed E-state index contributed by atoms with van der Waals surface area (Å²) in [6, 6.07) is 13.5. The summed E-state index contributed by atoms with van der Waals surface area (Å²) < 4.78 is 0. The van der Waals surface area contributed by atoms with Gasteiger partial charge in [-0.3, -0.25) is 9.78 Å². The standard InChI is InChI=1S/C18H17N3OS/c1-21(15-5-3-2-4-6-15)18(22)8-7-17-20-16(13-23-17)14-9-11-19-12-10-14/h2-6,9-13H,7-8H2,1H3. The normalized spacial score (nSPS) is 10.5. The number of rotatable bonds is 5. The van der Waals surface area contributed by atoms with Crippen molar-refractivity contribution in [1.82, 2.24) is 9.97 Å². The average molecular weight is 323 g/mol. The van der Waals surface area contributed by atoms with Gasteiger partial charge in [-0.2, -0.15) is 0 Å². The van der Waals surface area contributed by atoms with Gasteiger partial charge in [0.15, 0.2) is 0 Å². The smallest absolute Gasteiger partial charge is 0.227 e.